The second-order valence-corrected chi connectivity index (χ2v) is 6.14. The van der Waals surface area contributed by atoms with Crippen molar-refractivity contribution in [1.29, 1.82) is 0 Å². The summed E-state index contributed by atoms with van der Waals surface area (Å²) in [6.45, 7) is 10.3. The van der Waals surface area contributed by atoms with Crippen molar-refractivity contribution in [1.82, 2.24) is 10.2 Å². The highest BCUT2D eigenvalue weighted by molar-refractivity contribution is 4.90. The van der Waals surface area contributed by atoms with Crippen molar-refractivity contribution in [3.8, 4) is 0 Å². The number of alkyl halides is 3. The lowest BCUT2D eigenvalue weighted by molar-refractivity contribution is -0.325. The normalized spacial score (nSPS) is 27.6. The van der Waals surface area contributed by atoms with Gasteiger partial charge in [-0.3, -0.25) is 9.64 Å². The largest absolute Gasteiger partial charge is 0.522 e. The second-order valence-electron chi connectivity index (χ2n) is 6.14. The van der Waals surface area contributed by atoms with E-state index in [0.29, 0.717) is 24.4 Å². The Morgan fingerprint density at radius 1 is 1.19 bits per heavy atom. The lowest BCUT2D eigenvalue weighted by Crippen LogP contribution is -2.60. The van der Waals surface area contributed by atoms with Crippen molar-refractivity contribution in [3.05, 3.63) is 0 Å². The molecule has 0 aromatic carbocycles. The number of piperazine rings is 1. The molecule has 1 aliphatic rings. The summed E-state index contributed by atoms with van der Waals surface area (Å²) in [4.78, 5) is 2.17. The molecule has 1 heterocycles. The van der Waals surface area contributed by atoms with Crippen LogP contribution in [0, 0.1) is 11.8 Å². The molecule has 3 nitrogen and oxygen atoms in total. The Balaban J connectivity index is 2.60. The zero-order valence-electron chi connectivity index (χ0n) is 13.5. The molecule has 21 heavy (non-hydrogen) atoms. The predicted molar refractivity (Wildman–Crippen MR) is 78.1 cm³/mol. The minimum absolute atomic E-state index is 0.284. The third-order valence-electron chi connectivity index (χ3n) is 4.77. The fourth-order valence-corrected chi connectivity index (χ4v) is 2.89. The number of nitrogens with one attached hydrogen (secondary N) is 1. The van der Waals surface area contributed by atoms with Crippen molar-refractivity contribution in [2.45, 2.75) is 59.0 Å². The molecule has 1 aliphatic heterocycles. The molecule has 126 valence electrons. The molecule has 0 radical (unpaired) electrons. The first-order chi connectivity index (χ1) is 9.78. The van der Waals surface area contributed by atoms with Gasteiger partial charge < -0.3 is 5.32 Å². The SMILES string of the molecule is CCC(C)C1CN(CCOC(F)(F)F)C(C(C)CC)CN1. The van der Waals surface area contributed by atoms with Gasteiger partial charge in [-0.2, -0.15) is 0 Å². The molecule has 1 N–H and O–H groups in total. The first-order valence-corrected chi connectivity index (χ1v) is 7.96. The fourth-order valence-electron chi connectivity index (χ4n) is 2.89. The first kappa shape index (κ1) is 18.7. The number of hydrogen-bond acceptors (Lipinski definition) is 3. The smallest absolute Gasteiger partial charge is 0.311 e. The third-order valence-corrected chi connectivity index (χ3v) is 4.77. The van der Waals surface area contributed by atoms with Gasteiger partial charge in [0.1, 0.15) is 0 Å². The highest BCUT2D eigenvalue weighted by Gasteiger charge is 2.34. The lowest BCUT2D eigenvalue weighted by atomic mass is 9.90. The van der Waals surface area contributed by atoms with E-state index in [4.69, 9.17) is 0 Å². The van der Waals surface area contributed by atoms with E-state index in [1.807, 2.05) is 0 Å². The summed E-state index contributed by atoms with van der Waals surface area (Å²) < 4.78 is 40.4. The van der Waals surface area contributed by atoms with Crippen LogP contribution < -0.4 is 5.32 Å². The molecular formula is C15H29F3N2O. The van der Waals surface area contributed by atoms with Gasteiger partial charge in [-0.05, 0) is 11.8 Å². The molecule has 0 aliphatic carbocycles. The molecule has 0 spiro atoms. The highest BCUT2D eigenvalue weighted by Crippen LogP contribution is 2.22. The number of ether oxygens (including phenoxy) is 1. The van der Waals surface area contributed by atoms with Crippen molar-refractivity contribution >= 4 is 0 Å². The minimum atomic E-state index is -4.53. The molecule has 4 atom stereocenters. The lowest BCUT2D eigenvalue weighted by Gasteiger charge is -2.44. The predicted octanol–water partition coefficient (Wildman–Crippen LogP) is 3.26. The Bertz CT molecular complexity index is 299. The van der Waals surface area contributed by atoms with Crippen LogP contribution >= 0.6 is 0 Å². The molecule has 0 amide bonds. The van der Waals surface area contributed by atoms with Crippen LogP contribution in [0.4, 0.5) is 13.2 Å². The van der Waals surface area contributed by atoms with Crippen LogP contribution in [0.1, 0.15) is 40.5 Å². The van der Waals surface area contributed by atoms with E-state index >= 15 is 0 Å². The Morgan fingerprint density at radius 2 is 1.81 bits per heavy atom. The third kappa shape index (κ3) is 6.12. The van der Waals surface area contributed by atoms with Crippen LogP contribution in [0.2, 0.25) is 0 Å². The van der Waals surface area contributed by atoms with Gasteiger partial charge in [-0.1, -0.05) is 40.5 Å². The maximum atomic E-state index is 12.1. The van der Waals surface area contributed by atoms with E-state index in [0.717, 1.165) is 25.9 Å². The topological polar surface area (TPSA) is 24.5 Å². The fraction of sp³-hybridized carbons (Fsp3) is 1.00. The van der Waals surface area contributed by atoms with Gasteiger partial charge >= 0.3 is 6.36 Å². The molecule has 1 rings (SSSR count). The molecule has 0 saturated carbocycles. The Kier molecular flexibility index (Phi) is 7.44. The number of hydrogen-bond donors (Lipinski definition) is 1. The molecule has 6 heteroatoms. The van der Waals surface area contributed by atoms with Crippen LogP contribution in [0.25, 0.3) is 0 Å². The zero-order valence-corrected chi connectivity index (χ0v) is 13.5. The van der Waals surface area contributed by atoms with Gasteiger partial charge in [0, 0.05) is 31.7 Å². The summed E-state index contributed by atoms with van der Waals surface area (Å²) in [7, 11) is 0. The van der Waals surface area contributed by atoms with Crippen LogP contribution in [0.5, 0.6) is 0 Å². The number of rotatable bonds is 7. The van der Waals surface area contributed by atoms with E-state index in [9.17, 15) is 13.2 Å². The summed E-state index contributed by atoms with van der Waals surface area (Å²) in [5.74, 6) is 0.982. The number of halogens is 3. The van der Waals surface area contributed by atoms with Crippen molar-refractivity contribution in [3.63, 3.8) is 0 Å². The summed E-state index contributed by atoms with van der Waals surface area (Å²) in [6, 6.07) is 0.633. The summed E-state index contributed by atoms with van der Waals surface area (Å²) in [5.41, 5.74) is 0. The molecule has 0 aromatic heterocycles. The summed E-state index contributed by atoms with van der Waals surface area (Å²) >= 11 is 0. The van der Waals surface area contributed by atoms with Crippen LogP contribution in [0.15, 0.2) is 0 Å². The van der Waals surface area contributed by atoms with Gasteiger partial charge in [0.2, 0.25) is 0 Å². The molecular weight excluding hydrogens is 281 g/mol. The number of nitrogens with zero attached hydrogens (tertiary/aromatic N) is 1. The Morgan fingerprint density at radius 3 is 2.33 bits per heavy atom. The van der Waals surface area contributed by atoms with Gasteiger partial charge in [-0.25, -0.2) is 0 Å². The van der Waals surface area contributed by atoms with Gasteiger partial charge in [0.25, 0.3) is 0 Å². The molecule has 0 aromatic rings. The van der Waals surface area contributed by atoms with E-state index in [2.05, 4.69) is 42.6 Å². The van der Waals surface area contributed by atoms with Crippen molar-refractivity contribution in [2.24, 2.45) is 11.8 Å². The summed E-state index contributed by atoms with van der Waals surface area (Å²) in [5, 5.41) is 3.57. The van der Waals surface area contributed by atoms with E-state index in [-0.39, 0.29) is 12.6 Å². The second kappa shape index (κ2) is 8.34. The summed E-state index contributed by atoms with van der Waals surface area (Å²) in [6.07, 6.45) is -2.44. The molecule has 1 saturated heterocycles. The Hall–Kier alpha value is -0.330. The molecule has 4 unspecified atom stereocenters. The van der Waals surface area contributed by atoms with E-state index < -0.39 is 6.36 Å². The standard InChI is InChI=1S/C15H29F3N2O/c1-5-11(3)13-10-20(7-8-21-15(16,17)18)14(9-19-13)12(4)6-2/h11-14,19H,5-10H2,1-4H3. The molecule has 0 bridgehead atoms. The highest BCUT2D eigenvalue weighted by atomic mass is 19.4. The van der Waals surface area contributed by atoms with Crippen LogP contribution in [-0.4, -0.2) is 49.6 Å². The average molecular weight is 310 g/mol. The minimum Gasteiger partial charge on any atom is -0.311 e. The van der Waals surface area contributed by atoms with Crippen molar-refractivity contribution in [2.75, 3.05) is 26.2 Å². The van der Waals surface area contributed by atoms with Gasteiger partial charge in [0.05, 0.1) is 6.61 Å². The van der Waals surface area contributed by atoms with Crippen LogP contribution in [-0.2, 0) is 4.74 Å². The van der Waals surface area contributed by atoms with Crippen LogP contribution in [0.3, 0.4) is 0 Å². The van der Waals surface area contributed by atoms with E-state index in [1.54, 1.807) is 0 Å². The van der Waals surface area contributed by atoms with Gasteiger partial charge in [0.15, 0.2) is 0 Å². The zero-order chi connectivity index (χ0) is 16.0. The monoisotopic (exact) mass is 310 g/mol. The maximum Gasteiger partial charge on any atom is 0.522 e. The van der Waals surface area contributed by atoms with E-state index in [1.165, 1.54) is 0 Å². The average Bonchev–Trinajstić information content (AvgIpc) is 2.44. The quantitative estimate of drug-likeness (QED) is 0.781. The van der Waals surface area contributed by atoms with Crippen molar-refractivity contribution < 1.29 is 17.9 Å². The first-order valence-electron chi connectivity index (χ1n) is 7.96. The van der Waals surface area contributed by atoms with Gasteiger partial charge in [-0.15, -0.1) is 13.2 Å². The maximum absolute atomic E-state index is 12.1. The Labute approximate surface area is 126 Å². The molecule has 1 fully saturated rings.